The van der Waals surface area contributed by atoms with Gasteiger partial charge < -0.3 is 9.47 Å². The molecule has 0 amide bonds. The van der Waals surface area contributed by atoms with Gasteiger partial charge in [0.15, 0.2) is 0 Å². The fourth-order valence-corrected chi connectivity index (χ4v) is 1.32. The third-order valence-electron chi connectivity index (χ3n) is 2.23. The first-order valence-corrected chi connectivity index (χ1v) is 4.33. The van der Waals surface area contributed by atoms with Gasteiger partial charge in [-0.05, 0) is 33.1 Å². The van der Waals surface area contributed by atoms with Crippen LogP contribution in [0.15, 0.2) is 0 Å². The van der Waals surface area contributed by atoms with Gasteiger partial charge in [0.05, 0.1) is 11.7 Å². The second-order valence-corrected chi connectivity index (χ2v) is 3.70. The number of hydrogen-bond donors (Lipinski definition) is 0. The second kappa shape index (κ2) is 3.55. The predicted molar refractivity (Wildman–Crippen MR) is 44.7 cm³/mol. The Morgan fingerprint density at radius 1 is 1.36 bits per heavy atom. The molecule has 0 radical (unpaired) electrons. The fraction of sp³-hybridized carbons (Fsp3) is 1.00. The Balaban J connectivity index is 1.90. The summed E-state index contributed by atoms with van der Waals surface area (Å²) in [5.74, 6) is 0. The molecule has 1 aliphatic heterocycles. The summed E-state index contributed by atoms with van der Waals surface area (Å²) < 4.78 is 10.4. The minimum absolute atomic E-state index is 0.174. The van der Waals surface area contributed by atoms with E-state index in [9.17, 15) is 0 Å². The van der Waals surface area contributed by atoms with Crippen molar-refractivity contribution in [3.05, 3.63) is 0 Å². The molecule has 1 rings (SSSR count). The van der Waals surface area contributed by atoms with E-state index in [1.54, 1.807) is 7.11 Å². The molecular weight excluding hydrogens is 140 g/mol. The highest BCUT2D eigenvalue weighted by atomic mass is 16.6. The van der Waals surface area contributed by atoms with Gasteiger partial charge in [0.25, 0.3) is 0 Å². The molecule has 0 spiro atoms. The number of epoxide rings is 1. The first kappa shape index (κ1) is 9.01. The van der Waals surface area contributed by atoms with Crippen molar-refractivity contribution >= 4 is 0 Å². The first-order chi connectivity index (χ1) is 5.17. The number of rotatable bonds is 5. The summed E-state index contributed by atoms with van der Waals surface area (Å²) >= 11 is 0. The van der Waals surface area contributed by atoms with Crippen LogP contribution in [0.25, 0.3) is 0 Å². The molecule has 1 fully saturated rings. The molecule has 66 valence electrons. The largest absolute Gasteiger partial charge is 0.385 e. The van der Waals surface area contributed by atoms with Gasteiger partial charge in [-0.3, -0.25) is 0 Å². The minimum Gasteiger partial charge on any atom is -0.385 e. The van der Waals surface area contributed by atoms with E-state index in [2.05, 4.69) is 13.8 Å². The zero-order valence-electron chi connectivity index (χ0n) is 7.72. The molecule has 1 heterocycles. The summed E-state index contributed by atoms with van der Waals surface area (Å²) in [7, 11) is 1.75. The molecule has 0 N–H and O–H groups in total. The summed E-state index contributed by atoms with van der Waals surface area (Å²) in [6, 6.07) is 0. The lowest BCUT2D eigenvalue weighted by Crippen LogP contribution is -2.02. The van der Waals surface area contributed by atoms with E-state index >= 15 is 0 Å². The van der Waals surface area contributed by atoms with Gasteiger partial charge in [-0.25, -0.2) is 0 Å². The lowest BCUT2D eigenvalue weighted by Gasteiger charge is -1.97. The lowest BCUT2D eigenvalue weighted by molar-refractivity contribution is 0.191. The smallest absolute Gasteiger partial charge is 0.0892 e. The zero-order chi connectivity index (χ0) is 8.32. The van der Waals surface area contributed by atoms with E-state index in [0.29, 0.717) is 6.10 Å². The van der Waals surface area contributed by atoms with Crippen molar-refractivity contribution in [3.8, 4) is 0 Å². The zero-order valence-corrected chi connectivity index (χ0v) is 7.72. The van der Waals surface area contributed by atoms with Crippen molar-refractivity contribution in [2.45, 2.75) is 44.8 Å². The van der Waals surface area contributed by atoms with Crippen LogP contribution in [0.5, 0.6) is 0 Å². The molecule has 2 nitrogen and oxygen atoms in total. The van der Waals surface area contributed by atoms with Gasteiger partial charge in [0.2, 0.25) is 0 Å². The standard InChI is InChI=1S/C9H18O2/c1-9(2)8(11-9)6-4-5-7-10-3/h8H,4-7H2,1-3H3. The third kappa shape index (κ3) is 2.80. The Hall–Kier alpha value is -0.0800. The maximum absolute atomic E-state index is 5.44. The van der Waals surface area contributed by atoms with E-state index < -0.39 is 0 Å². The molecule has 11 heavy (non-hydrogen) atoms. The maximum atomic E-state index is 5.44. The summed E-state index contributed by atoms with van der Waals surface area (Å²) in [6.07, 6.45) is 4.09. The van der Waals surface area contributed by atoms with Crippen molar-refractivity contribution in [3.63, 3.8) is 0 Å². The van der Waals surface area contributed by atoms with Crippen LogP contribution in [0.3, 0.4) is 0 Å². The lowest BCUT2D eigenvalue weighted by atomic mass is 10.1. The van der Waals surface area contributed by atoms with Crippen LogP contribution < -0.4 is 0 Å². The minimum atomic E-state index is 0.174. The monoisotopic (exact) mass is 158 g/mol. The molecule has 1 unspecified atom stereocenters. The summed E-state index contributed by atoms with van der Waals surface area (Å²) in [4.78, 5) is 0. The van der Waals surface area contributed by atoms with Crippen molar-refractivity contribution in [1.82, 2.24) is 0 Å². The van der Waals surface area contributed by atoms with Crippen LogP contribution in [-0.4, -0.2) is 25.4 Å². The topological polar surface area (TPSA) is 21.8 Å². The molecular formula is C9H18O2. The predicted octanol–water partition coefficient (Wildman–Crippen LogP) is 1.98. The average Bonchev–Trinajstić information content (AvgIpc) is 2.52. The summed E-state index contributed by atoms with van der Waals surface area (Å²) in [5, 5.41) is 0. The third-order valence-corrected chi connectivity index (χ3v) is 2.23. The van der Waals surface area contributed by atoms with Crippen LogP contribution in [0.4, 0.5) is 0 Å². The van der Waals surface area contributed by atoms with Gasteiger partial charge in [-0.15, -0.1) is 0 Å². The highest BCUT2D eigenvalue weighted by Gasteiger charge is 2.46. The van der Waals surface area contributed by atoms with Crippen molar-refractivity contribution in [2.24, 2.45) is 0 Å². The average molecular weight is 158 g/mol. The number of methoxy groups -OCH3 is 1. The van der Waals surface area contributed by atoms with Crippen molar-refractivity contribution < 1.29 is 9.47 Å². The Labute approximate surface area is 68.9 Å². The van der Waals surface area contributed by atoms with Crippen molar-refractivity contribution in [1.29, 1.82) is 0 Å². The van der Waals surface area contributed by atoms with Crippen LogP contribution in [0.1, 0.15) is 33.1 Å². The molecule has 0 aliphatic carbocycles. The van der Waals surface area contributed by atoms with Gasteiger partial charge in [0.1, 0.15) is 0 Å². The SMILES string of the molecule is COCCCCC1OC1(C)C. The van der Waals surface area contributed by atoms with Gasteiger partial charge in [0, 0.05) is 13.7 Å². The molecule has 2 heteroatoms. The van der Waals surface area contributed by atoms with Crippen LogP contribution in [-0.2, 0) is 9.47 Å². The van der Waals surface area contributed by atoms with Gasteiger partial charge >= 0.3 is 0 Å². The molecule has 1 aliphatic rings. The maximum Gasteiger partial charge on any atom is 0.0892 e. The molecule has 0 saturated carbocycles. The number of ether oxygens (including phenoxy) is 2. The second-order valence-electron chi connectivity index (χ2n) is 3.70. The normalized spacial score (nSPS) is 27.0. The Kier molecular flexibility index (Phi) is 2.90. The highest BCUT2D eigenvalue weighted by Crippen LogP contribution is 2.38. The van der Waals surface area contributed by atoms with Crippen LogP contribution in [0.2, 0.25) is 0 Å². The molecule has 1 saturated heterocycles. The molecule has 1 atom stereocenters. The van der Waals surface area contributed by atoms with Gasteiger partial charge in [-0.1, -0.05) is 0 Å². The van der Waals surface area contributed by atoms with E-state index in [0.717, 1.165) is 13.0 Å². The highest BCUT2D eigenvalue weighted by molar-refractivity contribution is 4.94. The summed E-state index contributed by atoms with van der Waals surface area (Å²) in [6.45, 7) is 5.18. The van der Waals surface area contributed by atoms with Crippen molar-refractivity contribution in [2.75, 3.05) is 13.7 Å². The summed E-state index contributed by atoms with van der Waals surface area (Å²) in [5.41, 5.74) is 0.174. The number of hydrogen-bond acceptors (Lipinski definition) is 2. The van der Waals surface area contributed by atoms with E-state index in [4.69, 9.17) is 9.47 Å². The van der Waals surface area contributed by atoms with E-state index in [-0.39, 0.29) is 5.60 Å². The quantitative estimate of drug-likeness (QED) is 0.451. The molecule has 0 bridgehead atoms. The van der Waals surface area contributed by atoms with Crippen LogP contribution in [0, 0.1) is 0 Å². The molecule has 0 aromatic heterocycles. The number of unbranched alkanes of at least 4 members (excludes halogenated alkanes) is 1. The Morgan fingerprint density at radius 2 is 2.00 bits per heavy atom. The Morgan fingerprint density at radius 3 is 2.45 bits per heavy atom. The van der Waals surface area contributed by atoms with Crippen LogP contribution >= 0.6 is 0 Å². The first-order valence-electron chi connectivity index (χ1n) is 4.33. The van der Waals surface area contributed by atoms with E-state index in [1.807, 2.05) is 0 Å². The fourth-order valence-electron chi connectivity index (χ4n) is 1.32. The van der Waals surface area contributed by atoms with E-state index in [1.165, 1.54) is 12.8 Å². The molecule has 0 aromatic rings. The Bertz CT molecular complexity index is 121. The molecule has 0 aromatic carbocycles. The van der Waals surface area contributed by atoms with Gasteiger partial charge in [-0.2, -0.15) is 0 Å².